The van der Waals surface area contributed by atoms with Crippen molar-refractivity contribution in [3.8, 4) is 0 Å². The fraction of sp³-hybridized carbons (Fsp3) is 0.636. The van der Waals surface area contributed by atoms with E-state index in [0.29, 0.717) is 44.4 Å². The smallest absolute Gasteiger partial charge is 0.269 e. The van der Waals surface area contributed by atoms with Crippen LogP contribution < -0.4 is 0 Å². The first kappa shape index (κ1) is 22.1. The second-order valence-electron chi connectivity index (χ2n) is 9.33. The van der Waals surface area contributed by atoms with Crippen LogP contribution in [0.4, 0.5) is 5.69 Å². The standard InChI is InChI=1S/C22H28N2O6S/c1-15-12-16-14-20(25)19-4-2-10-23(11-3-9-22(16,19)21(26)13-15)31(29,30)18-7-5-17(6-8-18)24(27)28/h5-8,15-16,19H,2-4,9-14H2,1H3/t15?,16-,19+,22?/m0/s1. The minimum absolute atomic E-state index is 0.0206. The van der Waals surface area contributed by atoms with Crippen molar-refractivity contribution in [2.75, 3.05) is 13.1 Å². The molecule has 4 rings (SSSR count). The van der Waals surface area contributed by atoms with Gasteiger partial charge in [-0.2, -0.15) is 4.31 Å². The molecule has 31 heavy (non-hydrogen) atoms. The third-order valence-electron chi connectivity index (χ3n) is 7.51. The number of nitro benzene ring substituents is 1. The molecule has 8 nitrogen and oxygen atoms in total. The maximum Gasteiger partial charge on any atom is 0.269 e. The average Bonchev–Trinajstić information content (AvgIpc) is 3.03. The lowest BCUT2D eigenvalue weighted by molar-refractivity contribution is -0.384. The lowest BCUT2D eigenvalue weighted by Gasteiger charge is -2.43. The zero-order valence-electron chi connectivity index (χ0n) is 17.7. The van der Waals surface area contributed by atoms with Crippen LogP contribution in [-0.2, 0) is 19.6 Å². The number of nitro groups is 1. The monoisotopic (exact) mass is 448 g/mol. The zero-order chi connectivity index (χ0) is 22.4. The number of ketones is 2. The molecular formula is C22H28N2O6S. The summed E-state index contributed by atoms with van der Waals surface area (Å²) >= 11 is 0. The van der Waals surface area contributed by atoms with Crippen molar-refractivity contribution in [3.63, 3.8) is 0 Å². The van der Waals surface area contributed by atoms with Gasteiger partial charge < -0.3 is 0 Å². The molecule has 1 heterocycles. The predicted octanol–water partition coefficient (Wildman–Crippen LogP) is 3.35. The Balaban J connectivity index is 1.57. The highest BCUT2D eigenvalue weighted by Crippen LogP contribution is 2.57. The largest absolute Gasteiger partial charge is 0.299 e. The van der Waals surface area contributed by atoms with Crippen molar-refractivity contribution in [3.05, 3.63) is 34.4 Å². The molecule has 1 aromatic carbocycles. The molecule has 4 atom stereocenters. The van der Waals surface area contributed by atoms with Crippen LogP contribution in [0.3, 0.4) is 0 Å². The van der Waals surface area contributed by atoms with Crippen molar-refractivity contribution < 1.29 is 22.9 Å². The number of hydrogen-bond donors (Lipinski definition) is 0. The molecule has 3 aliphatic rings. The first-order valence-electron chi connectivity index (χ1n) is 11.0. The quantitative estimate of drug-likeness (QED) is 0.517. The second-order valence-corrected chi connectivity index (χ2v) is 11.3. The van der Waals surface area contributed by atoms with Crippen LogP contribution in [0, 0.1) is 33.3 Å². The summed E-state index contributed by atoms with van der Waals surface area (Å²) in [5.41, 5.74) is -0.776. The Labute approximate surface area is 182 Å². The van der Waals surface area contributed by atoms with Gasteiger partial charge in [-0.15, -0.1) is 0 Å². The van der Waals surface area contributed by atoms with Crippen molar-refractivity contribution >= 4 is 27.3 Å². The summed E-state index contributed by atoms with van der Waals surface area (Å²) in [5, 5.41) is 10.9. The Morgan fingerprint density at radius 1 is 1.10 bits per heavy atom. The molecule has 168 valence electrons. The molecule has 9 heteroatoms. The van der Waals surface area contributed by atoms with Gasteiger partial charge in [0.05, 0.1) is 9.82 Å². The van der Waals surface area contributed by atoms with Crippen LogP contribution in [0.5, 0.6) is 0 Å². The Morgan fingerprint density at radius 2 is 1.77 bits per heavy atom. The van der Waals surface area contributed by atoms with Crippen molar-refractivity contribution in [2.24, 2.45) is 23.2 Å². The number of nitrogens with zero attached hydrogens (tertiary/aromatic N) is 2. The van der Waals surface area contributed by atoms with Crippen LogP contribution in [0.25, 0.3) is 0 Å². The first-order valence-corrected chi connectivity index (χ1v) is 12.4. The van der Waals surface area contributed by atoms with E-state index in [4.69, 9.17) is 0 Å². The van der Waals surface area contributed by atoms with E-state index in [1.807, 2.05) is 0 Å². The number of non-ortho nitro benzene ring substituents is 1. The molecule has 1 saturated heterocycles. The summed E-state index contributed by atoms with van der Waals surface area (Å²) in [6, 6.07) is 4.91. The van der Waals surface area contributed by atoms with Gasteiger partial charge in [0.1, 0.15) is 11.6 Å². The minimum atomic E-state index is -3.81. The summed E-state index contributed by atoms with van der Waals surface area (Å²) in [6.45, 7) is 2.61. The Morgan fingerprint density at radius 3 is 2.45 bits per heavy atom. The number of carbonyl (C=O) groups excluding carboxylic acids is 2. The van der Waals surface area contributed by atoms with Gasteiger partial charge in [0, 0.05) is 49.4 Å². The summed E-state index contributed by atoms with van der Waals surface area (Å²) in [6.07, 6.45) is 3.98. The third-order valence-corrected chi connectivity index (χ3v) is 9.42. The minimum Gasteiger partial charge on any atom is -0.299 e. The van der Waals surface area contributed by atoms with Crippen LogP contribution in [0.2, 0.25) is 0 Å². The Bertz CT molecular complexity index is 1010. The number of rotatable bonds is 3. The Hall–Kier alpha value is -2.13. The summed E-state index contributed by atoms with van der Waals surface area (Å²) in [7, 11) is -3.81. The second kappa shape index (κ2) is 8.09. The van der Waals surface area contributed by atoms with Gasteiger partial charge in [-0.25, -0.2) is 8.42 Å². The maximum absolute atomic E-state index is 13.2. The highest BCUT2D eigenvalue weighted by Gasteiger charge is 2.60. The van der Waals surface area contributed by atoms with E-state index >= 15 is 0 Å². The van der Waals surface area contributed by atoms with Gasteiger partial charge in [-0.05, 0) is 56.1 Å². The van der Waals surface area contributed by atoms with Crippen molar-refractivity contribution in [2.45, 2.75) is 56.8 Å². The molecule has 1 spiro atoms. The number of benzene rings is 1. The van der Waals surface area contributed by atoms with E-state index in [-0.39, 0.29) is 47.1 Å². The molecule has 0 radical (unpaired) electrons. The summed E-state index contributed by atoms with van der Waals surface area (Å²) in [4.78, 5) is 36.4. The van der Waals surface area contributed by atoms with Gasteiger partial charge in [0.2, 0.25) is 10.0 Å². The van der Waals surface area contributed by atoms with Crippen LogP contribution in [-0.4, -0.2) is 42.3 Å². The van der Waals surface area contributed by atoms with E-state index in [9.17, 15) is 28.1 Å². The van der Waals surface area contributed by atoms with E-state index in [0.717, 1.165) is 6.42 Å². The van der Waals surface area contributed by atoms with Gasteiger partial charge in [-0.1, -0.05) is 6.92 Å². The summed E-state index contributed by atoms with van der Waals surface area (Å²) < 4.78 is 27.7. The molecule has 0 N–H and O–H groups in total. The molecule has 0 amide bonds. The first-order chi connectivity index (χ1) is 14.7. The molecule has 2 unspecified atom stereocenters. The third kappa shape index (κ3) is 3.71. The molecule has 1 aliphatic heterocycles. The summed E-state index contributed by atoms with van der Waals surface area (Å²) in [5.74, 6) is 0.442. The lowest BCUT2D eigenvalue weighted by atomic mass is 9.58. The van der Waals surface area contributed by atoms with Crippen molar-refractivity contribution in [1.29, 1.82) is 0 Å². The van der Waals surface area contributed by atoms with Gasteiger partial charge in [0.15, 0.2) is 0 Å². The molecule has 2 aliphatic carbocycles. The SMILES string of the molecule is CC1CC(=O)C23CCCN(S(=O)(=O)c4ccc([N+](=O)[O-])cc4)CCC[C@@H]2C(=O)C[C@@H]3C1. The highest BCUT2D eigenvalue weighted by atomic mass is 32.2. The molecule has 0 bridgehead atoms. The molecule has 1 aromatic rings. The maximum atomic E-state index is 13.2. The van der Waals surface area contributed by atoms with E-state index in [1.165, 1.54) is 28.6 Å². The molecular weight excluding hydrogens is 420 g/mol. The number of hydrogen-bond acceptors (Lipinski definition) is 6. The topological polar surface area (TPSA) is 115 Å². The zero-order valence-corrected chi connectivity index (χ0v) is 18.5. The van der Waals surface area contributed by atoms with Crippen LogP contribution >= 0.6 is 0 Å². The van der Waals surface area contributed by atoms with Gasteiger partial charge in [-0.3, -0.25) is 19.7 Å². The highest BCUT2D eigenvalue weighted by molar-refractivity contribution is 7.89. The molecule has 2 saturated carbocycles. The average molecular weight is 449 g/mol. The van der Waals surface area contributed by atoms with E-state index in [2.05, 4.69) is 6.92 Å². The fourth-order valence-corrected chi connectivity index (χ4v) is 7.64. The van der Waals surface area contributed by atoms with Gasteiger partial charge in [0.25, 0.3) is 5.69 Å². The fourth-order valence-electron chi connectivity index (χ4n) is 6.13. The van der Waals surface area contributed by atoms with Gasteiger partial charge >= 0.3 is 0 Å². The molecule has 0 aromatic heterocycles. The van der Waals surface area contributed by atoms with Crippen LogP contribution in [0.15, 0.2) is 29.2 Å². The molecule has 3 fully saturated rings. The lowest BCUT2D eigenvalue weighted by Crippen LogP contribution is -2.46. The Kier molecular flexibility index (Phi) is 5.76. The van der Waals surface area contributed by atoms with Crippen LogP contribution in [0.1, 0.15) is 51.9 Å². The number of sulfonamides is 1. The number of carbonyl (C=O) groups is 2. The van der Waals surface area contributed by atoms with E-state index < -0.39 is 20.4 Å². The number of Topliss-reactive ketones (excluding diaryl/α,β-unsaturated/α-hetero) is 2. The van der Waals surface area contributed by atoms with E-state index in [1.54, 1.807) is 0 Å². The van der Waals surface area contributed by atoms with Crippen molar-refractivity contribution in [1.82, 2.24) is 4.31 Å². The normalized spacial score (nSPS) is 32.5. The predicted molar refractivity (Wildman–Crippen MR) is 113 cm³/mol.